The van der Waals surface area contributed by atoms with Crippen molar-refractivity contribution >= 4 is 0 Å². The molecular formula is C14H29NO. The van der Waals surface area contributed by atoms with Crippen LogP contribution in [0.15, 0.2) is 0 Å². The molecule has 0 saturated carbocycles. The molecule has 0 bridgehead atoms. The summed E-state index contributed by atoms with van der Waals surface area (Å²) in [6.07, 6.45) is 6.44. The molecule has 2 unspecified atom stereocenters. The van der Waals surface area contributed by atoms with Crippen molar-refractivity contribution in [2.24, 2.45) is 5.41 Å². The number of aliphatic hydroxyl groups excluding tert-OH is 1. The van der Waals surface area contributed by atoms with E-state index in [0.717, 1.165) is 12.6 Å². The van der Waals surface area contributed by atoms with E-state index in [2.05, 4.69) is 25.7 Å². The van der Waals surface area contributed by atoms with Crippen LogP contribution in [0.5, 0.6) is 0 Å². The third-order valence-electron chi connectivity index (χ3n) is 4.21. The third-order valence-corrected chi connectivity index (χ3v) is 4.21. The van der Waals surface area contributed by atoms with Crippen molar-refractivity contribution in [3.8, 4) is 0 Å². The maximum atomic E-state index is 9.81. The van der Waals surface area contributed by atoms with Crippen molar-refractivity contribution in [3.63, 3.8) is 0 Å². The largest absolute Gasteiger partial charge is 0.393 e. The van der Waals surface area contributed by atoms with Gasteiger partial charge in [0.15, 0.2) is 0 Å². The highest BCUT2D eigenvalue weighted by atomic mass is 16.3. The molecule has 1 saturated heterocycles. The molecule has 1 heterocycles. The van der Waals surface area contributed by atoms with Gasteiger partial charge in [-0.2, -0.15) is 0 Å². The first-order valence-corrected chi connectivity index (χ1v) is 6.89. The second-order valence-corrected chi connectivity index (χ2v) is 6.05. The van der Waals surface area contributed by atoms with E-state index in [0.29, 0.717) is 0 Å². The van der Waals surface area contributed by atoms with Gasteiger partial charge in [0, 0.05) is 18.0 Å². The summed E-state index contributed by atoms with van der Waals surface area (Å²) in [5, 5.41) is 9.81. The molecule has 0 amide bonds. The van der Waals surface area contributed by atoms with Crippen molar-refractivity contribution in [2.45, 2.75) is 71.9 Å². The lowest BCUT2D eigenvalue weighted by molar-refractivity contribution is 0.0219. The fraction of sp³-hybridized carbons (Fsp3) is 1.00. The first-order chi connectivity index (χ1) is 7.47. The molecule has 16 heavy (non-hydrogen) atoms. The average Bonchev–Trinajstić information content (AvgIpc) is 2.42. The van der Waals surface area contributed by atoms with Gasteiger partial charge in [-0.3, -0.25) is 4.90 Å². The number of rotatable bonds is 4. The monoisotopic (exact) mass is 227 g/mol. The van der Waals surface area contributed by atoms with Gasteiger partial charge in [-0.05, 0) is 32.7 Å². The van der Waals surface area contributed by atoms with Crippen molar-refractivity contribution in [1.82, 2.24) is 4.90 Å². The Bertz CT molecular complexity index is 201. The van der Waals surface area contributed by atoms with Gasteiger partial charge in [-0.15, -0.1) is 0 Å². The van der Waals surface area contributed by atoms with Crippen molar-refractivity contribution in [1.29, 1.82) is 0 Å². The molecule has 0 aromatic heterocycles. The zero-order valence-corrected chi connectivity index (χ0v) is 11.5. The van der Waals surface area contributed by atoms with Crippen molar-refractivity contribution < 1.29 is 5.11 Å². The third kappa shape index (κ3) is 3.74. The van der Waals surface area contributed by atoms with E-state index in [1.165, 1.54) is 38.6 Å². The lowest BCUT2D eigenvalue weighted by atomic mass is 9.86. The minimum Gasteiger partial charge on any atom is -0.393 e. The van der Waals surface area contributed by atoms with Crippen LogP contribution < -0.4 is 0 Å². The highest BCUT2D eigenvalue weighted by Gasteiger charge is 2.30. The molecule has 1 aliphatic heterocycles. The Morgan fingerprint density at radius 2 is 2.00 bits per heavy atom. The van der Waals surface area contributed by atoms with Crippen LogP contribution in [0.25, 0.3) is 0 Å². The highest BCUT2D eigenvalue weighted by molar-refractivity contribution is 4.83. The molecule has 1 fully saturated rings. The average molecular weight is 227 g/mol. The molecular weight excluding hydrogens is 198 g/mol. The van der Waals surface area contributed by atoms with Crippen LogP contribution >= 0.6 is 0 Å². The van der Waals surface area contributed by atoms with E-state index < -0.39 is 0 Å². The fourth-order valence-corrected chi connectivity index (χ4v) is 2.56. The quantitative estimate of drug-likeness (QED) is 0.798. The van der Waals surface area contributed by atoms with Gasteiger partial charge in [-0.1, -0.05) is 33.6 Å². The minimum absolute atomic E-state index is 0.0117. The first kappa shape index (κ1) is 14.0. The van der Waals surface area contributed by atoms with E-state index in [-0.39, 0.29) is 11.5 Å². The van der Waals surface area contributed by atoms with Crippen LogP contribution in [0.1, 0.15) is 59.8 Å². The van der Waals surface area contributed by atoms with Crippen LogP contribution in [-0.2, 0) is 0 Å². The Hall–Kier alpha value is -0.0800. The Kier molecular flexibility index (Phi) is 5.26. The fourth-order valence-electron chi connectivity index (χ4n) is 2.56. The molecule has 0 radical (unpaired) electrons. The number of nitrogens with zero attached hydrogens (tertiary/aromatic N) is 1. The van der Waals surface area contributed by atoms with E-state index in [1.54, 1.807) is 0 Å². The second-order valence-electron chi connectivity index (χ2n) is 6.05. The molecule has 96 valence electrons. The predicted molar refractivity (Wildman–Crippen MR) is 69.6 cm³/mol. The summed E-state index contributed by atoms with van der Waals surface area (Å²) in [6, 6.07) is 0.737. The molecule has 0 aromatic carbocycles. The van der Waals surface area contributed by atoms with Crippen LogP contribution in [0.2, 0.25) is 0 Å². The smallest absolute Gasteiger partial charge is 0.0575 e. The highest BCUT2D eigenvalue weighted by Crippen LogP contribution is 2.27. The van der Waals surface area contributed by atoms with E-state index in [9.17, 15) is 5.11 Å². The topological polar surface area (TPSA) is 23.5 Å². The number of aliphatic hydroxyl groups is 1. The van der Waals surface area contributed by atoms with Crippen LogP contribution in [0.4, 0.5) is 0 Å². The van der Waals surface area contributed by atoms with Gasteiger partial charge in [-0.25, -0.2) is 0 Å². The van der Waals surface area contributed by atoms with Crippen molar-refractivity contribution in [3.05, 3.63) is 0 Å². The zero-order valence-electron chi connectivity index (χ0n) is 11.5. The summed E-state index contributed by atoms with van der Waals surface area (Å²) in [4.78, 5) is 2.61. The summed E-state index contributed by atoms with van der Waals surface area (Å²) >= 11 is 0. The lowest BCUT2D eigenvalue weighted by Crippen LogP contribution is -2.44. The van der Waals surface area contributed by atoms with E-state index in [4.69, 9.17) is 0 Å². The summed E-state index contributed by atoms with van der Waals surface area (Å²) in [7, 11) is 0. The summed E-state index contributed by atoms with van der Waals surface area (Å²) in [5.74, 6) is 0. The van der Waals surface area contributed by atoms with Crippen LogP contribution in [0.3, 0.4) is 0 Å². The first-order valence-electron chi connectivity index (χ1n) is 6.89. The van der Waals surface area contributed by atoms with Gasteiger partial charge in [0.05, 0.1) is 6.10 Å². The normalized spacial score (nSPS) is 26.4. The number of hydrogen-bond donors (Lipinski definition) is 1. The summed E-state index contributed by atoms with van der Waals surface area (Å²) in [5.41, 5.74) is 0.0117. The molecule has 1 aliphatic rings. The number of hydrogen-bond acceptors (Lipinski definition) is 2. The van der Waals surface area contributed by atoms with E-state index >= 15 is 0 Å². The summed E-state index contributed by atoms with van der Waals surface area (Å²) in [6.45, 7) is 10.8. The molecule has 0 aliphatic carbocycles. The zero-order chi connectivity index (χ0) is 12.2. The molecule has 2 atom stereocenters. The van der Waals surface area contributed by atoms with Crippen molar-refractivity contribution in [2.75, 3.05) is 13.1 Å². The molecule has 2 nitrogen and oxygen atoms in total. The Morgan fingerprint density at radius 3 is 2.56 bits per heavy atom. The Morgan fingerprint density at radius 1 is 1.31 bits per heavy atom. The van der Waals surface area contributed by atoms with Gasteiger partial charge < -0.3 is 5.11 Å². The minimum atomic E-state index is -0.228. The van der Waals surface area contributed by atoms with Gasteiger partial charge >= 0.3 is 0 Å². The molecule has 2 heteroatoms. The number of likely N-dealkylation sites (tertiary alicyclic amines) is 1. The second kappa shape index (κ2) is 6.02. The molecule has 1 rings (SSSR count). The predicted octanol–water partition coefficient (Wildman–Crippen LogP) is 3.05. The maximum absolute atomic E-state index is 9.81. The van der Waals surface area contributed by atoms with Gasteiger partial charge in [0.25, 0.3) is 0 Å². The van der Waals surface area contributed by atoms with E-state index in [1.807, 2.05) is 6.92 Å². The Labute approximate surface area is 101 Å². The standard InChI is InChI=1S/C14H29NO/c1-5-13-9-7-6-8-10-15(13)11-14(3,4)12(2)16/h12-13,16H,5-11H2,1-4H3. The van der Waals surface area contributed by atoms with Crippen LogP contribution in [0, 0.1) is 5.41 Å². The van der Waals surface area contributed by atoms with Crippen LogP contribution in [-0.4, -0.2) is 35.2 Å². The molecule has 0 spiro atoms. The SMILES string of the molecule is CCC1CCCCCN1CC(C)(C)C(C)O. The maximum Gasteiger partial charge on any atom is 0.0575 e. The van der Waals surface area contributed by atoms with Gasteiger partial charge in [0.1, 0.15) is 0 Å². The summed E-state index contributed by atoms with van der Waals surface area (Å²) < 4.78 is 0. The Balaban J connectivity index is 2.61. The molecule has 1 N–H and O–H groups in total. The van der Waals surface area contributed by atoms with Gasteiger partial charge in [0.2, 0.25) is 0 Å². The molecule has 0 aromatic rings. The lowest BCUT2D eigenvalue weighted by Gasteiger charge is -2.38.